The second-order valence-electron chi connectivity index (χ2n) is 10.3. The second-order valence-corrected chi connectivity index (χ2v) is 10.3. The Morgan fingerprint density at radius 2 is 0.955 bits per heavy atom. The summed E-state index contributed by atoms with van der Waals surface area (Å²) in [5, 5.41) is 0. The highest BCUT2D eigenvalue weighted by atomic mass is 16.5. The Labute approximate surface area is 252 Å². The van der Waals surface area contributed by atoms with Gasteiger partial charge in [-0.25, -0.2) is 9.97 Å². The van der Waals surface area contributed by atoms with Crippen LogP contribution in [0, 0.1) is 0 Å². The lowest BCUT2D eigenvalue weighted by molar-refractivity contribution is 0.111. The summed E-state index contributed by atoms with van der Waals surface area (Å²) in [7, 11) is 3.24. The highest BCUT2D eigenvalue weighted by Gasteiger charge is 2.17. The third-order valence-corrected chi connectivity index (χ3v) is 7.79. The van der Waals surface area contributed by atoms with Gasteiger partial charge < -0.3 is 19.4 Å². The third kappa shape index (κ3) is 4.59. The van der Waals surface area contributed by atoms with Crippen LogP contribution in [0.15, 0.2) is 72.8 Å². The smallest absolute Gasteiger partial charge is 0.154 e. The molecule has 2 aliphatic rings. The zero-order valence-electron chi connectivity index (χ0n) is 23.9. The molecule has 2 aliphatic heterocycles. The van der Waals surface area contributed by atoms with E-state index in [1.165, 1.54) is 0 Å². The Kier molecular flexibility index (Phi) is 6.71. The summed E-state index contributed by atoms with van der Waals surface area (Å²) in [5.74, 6) is 1.38. The number of nitrogens with zero attached hydrogens (tertiary/aromatic N) is 2. The van der Waals surface area contributed by atoms with E-state index in [0.717, 1.165) is 45.9 Å². The van der Waals surface area contributed by atoms with Gasteiger partial charge in [0.1, 0.15) is 11.5 Å². The van der Waals surface area contributed by atoms with Crippen molar-refractivity contribution in [3.05, 3.63) is 107 Å². The van der Waals surface area contributed by atoms with Crippen LogP contribution in [0.3, 0.4) is 0 Å². The van der Waals surface area contributed by atoms with Crippen molar-refractivity contribution in [2.24, 2.45) is 0 Å². The lowest BCUT2D eigenvalue weighted by Crippen LogP contribution is -1.91. The van der Waals surface area contributed by atoms with Crippen LogP contribution < -0.4 is 9.47 Å². The van der Waals surface area contributed by atoms with Crippen molar-refractivity contribution in [2.45, 2.75) is 0 Å². The quantitative estimate of drug-likeness (QED) is 0.196. The monoisotopic (exact) mass is 578 g/mol. The fourth-order valence-corrected chi connectivity index (χ4v) is 5.66. The van der Waals surface area contributed by atoms with Gasteiger partial charge in [0.2, 0.25) is 0 Å². The van der Waals surface area contributed by atoms with Crippen molar-refractivity contribution < 1.29 is 19.1 Å². The molecule has 214 valence electrons. The van der Waals surface area contributed by atoms with Gasteiger partial charge in [0.15, 0.2) is 12.6 Å². The van der Waals surface area contributed by atoms with Crippen LogP contribution in [-0.2, 0) is 0 Å². The molecule has 2 aromatic carbocycles. The number of rotatable bonds is 6. The lowest BCUT2D eigenvalue weighted by Gasteiger charge is -2.07. The minimum Gasteiger partial charge on any atom is -0.497 e. The lowest BCUT2D eigenvalue weighted by atomic mass is 10.0. The van der Waals surface area contributed by atoms with E-state index in [4.69, 9.17) is 19.4 Å². The van der Waals surface area contributed by atoms with Crippen molar-refractivity contribution in [1.29, 1.82) is 0 Å². The van der Waals surface area contributed by atoms with Crippen LogP contribution in [0.25, 0.3) is 68.6 Å². The van der Waals surface area contributed by atoms with E-state index < -0.39 is 0 Å². The Balaban J connectivity index is 1.64. The number of aldehydes is 2. The maximum atomic E-state index is 12.6. The molecule has 0 fully saturated rings. The van der Waals surface area contributed by atoms with E-state index >= 15 is 0 Å². The van der Waals surface area contributed by atoms with E-state index in [1.54, 1.807) is 14.2 Å². The predicted molar refractivity (Wildman–Crippen MR) is 174 cm³/mol. The number of H-pyrrole nitrogens is 2. The largest absolute Gasteiger partial charge is 0.497 e. The van der Waals surface area contributed by atoms with Crippen LogP contribution in [0.5, 0.6) is 11.5 Å². The SMILES string of the molecule is COc1cccc(-c2c3nc(c(C=O)c4ccc([nH]4)c(-c4cccc(OC)c4)c4nc(c(C=O)c5ccc2[nH]5)C=C4)C=C3)c1. The number of carbonyl (C=O) groups excluding carboxylic acids is 2. The van der Waals surface area contributed by atoms with Crippen molar-refractivity contribution in [3.63, 3.8) is 0 Å². The number of fused-ring (bicyclic) bond motifs is 8. The molecule has 7 rings (SSSR count). The van der Waals surface area contributed by atoms with Gasteiger partial charge in [0, 0.05) is 22.2 Å². The second kappa shape index (κ2) is 11.0. The van der Waals surface area contributed by atoms with Crippen molar-refractivity contribution in [2.75, 3.05) is 14.2 Å². The fraction of sp³-hybridized carbons (Fsp3) is 0.0556. The molecule has 8 bridgehead atoms. The summed E-state index contributed by atoms with van der Waals surface area (Å²) in [6.45, 7) is 0. The fourth-order valence-electron chi connectivity index (χ4n) is 5.66. The summed E-state index contributed by atoms with van der Waals surface area (Å²) in [6.07, 6.45) is 9.08. The van der Waals surface area contributed by atoms with Gasteiger partial charge >= 0.3 is 0 Å². The van der Waals surface area contributed by atoms with Crippen molar-refractivity contribution in [1.82, 2.24) is 19.9 Å². The van der Waals surface area contributed by atoms with Crippen LogP contribution in [0.1, 0.15) is 43.5 Å². The number of nitrogens with one attached hydrogen (secondary N) is 2. The molecule has 0 saturated carbocycles. The van der Waals surface area contributed by atoms with Crippen LogP contribution in [0.4, 0.5) is 0 Å². The molecule has 0 saturated heterocycles. The zero-order chi connectivity index (χ0) is 30.2. The first-order valence-corrected chi connectivity index (χ1v) is 14.0. The number of hydrogen-bond donors (Lipinski definition) is 2. The molecule has 0 unspecified atom stereocenters. The number of hydrogen-bond acceptors (Lipinski definition) is 6. The van der Waals surface area contributed by atoms with Gasteiger partial charge in [-0.3, -0.25) is 9.59 Å². The average Bonchev–Trinajstić information content (AvgIpc) is 3.89. The molecule has 0 spiro atoms. The highest BCUT2D eigenvalue weighted by Crippen LogP contribution is 2.35. The molecule has 3 aromatic heterocycles. The van der Waals surface area contributed by atoms with E-state index in [2.05, 4.69) is 9.97 Å². The minimum atomic E-state index is 0.421. The van der Waals surface area contributed by atoms with Gasteiger partial charge in [-0.1, -0.05) is 24.3 Å². The van der Waals surface area contributed by atoms with Crippen LogP contribution in [-0.4, -0.2) is 46.7 Å². The van der Waals surface area contributed by atoms with Crippen molar-refractivity contribution in [3.8, 4) is 33.8 Å². The first-order valence-electron chi connectivity index (χ1n) is 14.0. The molecule has 44 heavy (non-hydrogen) atoms. The summed E-state index contributed by atoms with van der Waals surface area (Å²) in [6, 6.07) is 22.9. The normalized spacial score (nSPS) is 11.9. The van der Waals surface area contributed by atoms with Gasteiger partial charge in [-0.05, 0) is 84.0 Å². The molecule has 8 nitrogen and oxygen atoms in total. The Morgan fingerprint density at radius 1 is 0.545 bits per heavy atom. The maximum absolute atomic E-state index is 12.6. The number of ether oxygens (including phenoxy) is 2. The Hall–Kier alpha value is -6.02. The first kappa shape index (κ1) is 26.9. The van der Waals surface area contributed by atoms with Crippen molar-refractivity contribution >= 4 is 58.9 Å². The third-order valence-electron chi connectivity index (χ3n) is 7.79. The minimum absolute atomic E-state index is 0.421. The van der Waals surface area contributed by atoms with Gasteiger partial charge in [0.05, 0.1) is 59.2 Å². The molecule has 0 aliphatic carbocycles. The molecule has 5 heterocycles. The molecular formula is C36H26N4O4. The molecule has 8 heteroatoms. The molecule has 5 aromatic rings. The molecule has 0 atom stereocenters. The number of methoxy groups -OCH3 is 2. The van der Waals surface area contributed by atoms with E-state index in [9.17, 15) is 9.59 Å². The molecule has 2 N–H and O–H groups in total. The van der Waals surface area contributed by atoms with E-state index in [1.807, 2.05) is 97.1 Å². The topological polar surface area (TPSA) is 110 Å². The number of aromatic nitrogens is 4. The number of aromatic amines is 2. The number of benzene rings is 2. The number of carbonyl (C=O) groups is 2. The van der Waals surface area contributed by atoms with Gasteiger partial charge in [0.25, 0.3) is 0 Å². The van der Waals surface area contributed by atoms with E-state index in [-0.39, 0.29) is 0 Å². The summed E-state index contributed by atoms with van der Waals surface area (Å²) in [4.78, 5) is 41.8. The predicted octanol–water partition coefficient (Wildman–Crippen LogP) is 7.63. The van der Waals surface area contributed by atoms with Gasteiger partial charge in [-0.2, -0.15) is 0 Å². The average molecular weight is 579 g/mol. The van der Waals surface area contributed by atoms with Gasteiger partial charge in [-0.15, -0.1) is 0 Å². The Bertz CT molecular complexity index is 2050. The molecule has 0 amide bonds. The van der Waals surface area contributed by atoms with Crippen LogP contribution in [0.2, 0.25) is 0 Å². The van der Waals surface area contributed by atoms with Crippen LogP contribution >= 0.6 is 0 Å². The first-order chi connectivity index (χ1) is 21.6. The van der Waals surface area contributed by atoms with E-state index in [0.29, 0.717) is 56.4 Å². The Morgan fingerprint density at radius 3 is 1.36 bits per heavy atom. The standard InChI is InChI=1S/C36H26N4O4/c1-43-23-7-3-5-21(17-23)35-31-13-9-27(37-31)25(19-41)29-11-15-33(39-29)36(22-6-4-8-24(18-22)44-2)34-16-12-30(40-34)26(20-42)28-10-14-32(35)38-28/h3-20,37,40H,1-2H3. The maximum Gasteiger partial charge on any atom is 0.154 e. The molecule has 0 radical (unpaired) electrons. The zero-order valence-corrected chi connectivity index (χ0v) is 23.9. The highest BCUT2D eigenvalue weighted by molar-refractivity contribution is 6.00. The summed E-state index contributed by atoms with van der Waals surface area (Å²) < 4.78 is 11.0. The molecular weight excluding hydrogens is 552 g/mol. The summed E-state index contributed by atoms with van der Waals surface area (Å²) in [5.41, 5.74) is 9.23. The summed E-state index contributed by atoms with van der Waals surface area (Å²) >= 11 is 0.